The molecule has 6 atom stereocenters. The van der Waals surface area contributed by atoms with Crippen molar-refractivity contribution in [2.45, 2.75) is 61.9 Å². The van der Waals surface area contributed by atoms with Crippen LogP contribution in [0.5, 0.6) is 6.01 Å². The molecule has 1 aliphatic carbocycles. The van der Waals surface area contributed by atoms with Crippen LogP contribution < -0.4 is 15.0 Å². The minimum atomic E-state index is -0.923. The van der Waals surface area contributed by atoms with Crippen molar-refractivity contribution in [2.24, 2.45) is 5.92 Å². The summed E-state index contributed by atoms with van der Waals surface area (Å²) in [6.45, 7) is 2.29. The van der Waals surface area contributed by atoms with E-state index in [0.29, 0.717) is 65.2 Å². The Balaban J connectivity index is 1.21. The molecule has 12 nitrogen and oxygen atoms in total. The number of hydrogen-bond acceptors (Lipinski definition) is 10. The summed E-state index contributed by atoms with van der Waals surface area (Å²) in [4.78, 5) is 31.1. The quantitative estimate of drug-likeness (QED) is 0.311. The second-order valence-electron chi connectivity index (χ2n) is 13.8. The smallest absolute Gasteiger partial charge is 0.407 e. The zero-order chi connectivity index (χ0) is 32.7. The Bertz CT molecular complexity index is 1950. The van der Waals surface area contributed by atoms with Gasteiger partial charge in [0.1, 0.15) is 29.8 Å². The number of ether oxygens (including phenoxy) is 3. The molecule has 0 radical (unpaired) electrons. The molecule has 10 rings (SSSR count). The van der Waals surface area contributed by atoms with E-state index in [4.69, 9.17) is 35.8 Å². The highest BCUT2D eigenvalue weighted by Crippen LogP contribution is 2.56. The lowest BCUT2D eigenvalue weighted by Gasteiger charge is -2.31. The van der Waals surface area contributed by atoms with Gasteiger partial charge >= 0.3 is 12.1 Å². The minimum Gasteiger partial charge on any atom is -0.461 e. The van der Waals surface area contributed by atoms with Crippen LogP contribution in [0.4, 0.5) is 19.4 Å². The molecule has 1 aromatic carbocycles. The van der Waals surface area contributed by atoms with Gasteiger partial charge in [0, 0.05) is 55.3 Å². The van der Waals surface area contributed by atoms with Gasteiger partial charge in [-0.1, -0.05) is 11.6 Å². The molecule has 1 saturated carbocycles. The first kappa shape index (κ1) is 30.2. The van der Waals surface area contributed by atoms with E-state index in [1.807, 2.05) is 11.0 Å². The number of aromatic nitrogens is 5. The van der Waals surface area contributed by atoms with Crippen LogP contribution in [0, 0.1) is 11.7 Å². The third kappa shape index (κ3) is 4.85. The summed E-state index contributed by atoms with van der Waals surface area (Å²) in [7, 11) is 1.58. The number of rotatable bonds is 4. The van der Waals surface area contributed by atoms with Crippen molar-refractivity contribution >= 4 is 45.3 Å². The summed E-state index contributed by atoms with van der Waals surface area (Å²) in [5.74, 6) is -0.0244. The number of fused-ring (bicyclic) bond motifs is 7. The summed E-state index contributed by atoms with van der Waals surface area (Å²) in [5.41, 5.74) is 1.71. The van der Waals surface area contributed by atoms with Crippen LogP contribution >= 0.6 is 11.6 Å². The largest absolute Gasteiger partial charge is 0.461 e. The Kier molecular flexibility index (Phi) is 7.14. The van der Waals surface area contributed by atoms with Crippen molar-refractivity contribution in [3.05, 3.63) is 34.9 Å². The molecule has 1 amide bonds. The second-order valence-corrected chi connectivity index (χ2v) is 14.2. The maximum Gasteiger partial charge on any atom is 0.407 e. The lowest BCUT2D eigenvalue weighted by Crippen LogP contribution is -2.44. The maximum atomic E-state index is 17.2. The first-order valence-electron chi connectivity index (χ1n) is 16.6. The molecule has 6 bridgehead atoms. The van der Waals surface area contributed by atoms with E-state index in [-0.39, 0.29) is 48.4 Å². The zero-order valence-corrected chi connectivity index (χ0v) is 27.1. The predicted molar refractivity (Wildman–Crippen MR) is 173 cm³/mol. The molecule has 3 saturated heterocycles. The molecule has 5 aliphatic heterocycles. The minimum absolute atomic E-state index is 0.0122. The topological polar surface area (TPSA) is 131 Å². The molecule has 8 heterocycles. The van der Waals surface area contributed by atoms with Crippen LogP contribution in [0.3, 0.4) is 0 Å². The Morgan fingerprint density at radius 2 is 2.10 bits per heavy atom. The first-order valence-corrected chi connectivity index (χ1v) is 16.9. The normalized spacial score (nSPS) is 30.0. The third-order valence-electron chi connectivity index (χ3n) is 11.0. The number of H-pyrrole nitrogens is 1. The van der Waals surface area contributed by atoms with Crippen LogP contribution in [0.15, 0.2) is 18.5 Å². The Morgan fingerprint density at radius 3 is 2.98 bits per heavy atom. The monoisotopic (exact) mass is 680 g/mol. The summed E-state index contributed by atoms with van der Waals surface area (Å²) in [5, 5.41) is 11.7. The number of anilines is 1. The number of nitrogens with one attached hydrogen (secondary N) is 2. The standard InChI is InChI=1S/C33H35ClF2N8O4/c1-46-24-14-43-13-23(24)39-32(45)47-6-3-16-7-18(16)25-21(34)8-22-19(11-38-42-22)26(25)29-27(36)28-20(10-37-29)30(43)41-31(40-28)48-15-33-4-2-5-44(33)12-17(35)9-33/h8,10-11,16-18,23-24H,2-7,9,12-15H2,1H3,(H,38,42)(H,39,45)/t16-,17-,18+,23+,24-,33+/m1/s1. The second kappa shape index (κ2) is 11.3. The van der Waals surface area contributed by atoms with Crippen LogP contribution in [0.25, 0.3) is 33.1 Å². The average Bonchev–Trinajstić information content (AvgIpc) is 3.41. The van der Waals surface area contributed by atoms with Crippen molar-refractivity contribution in [2.75, 3.05) is 51.4 Å². The average molecular weight is 681 g/mol. The Labute approximate surface area is 279 Å². The van der Waals surface area contributed by atoms with Crippen LogP contribution in [0.2, 0.25) is 5.02 Å². The third-order valence-corrected chi connectivity index (χ3v) is 11.3. The van der Waals surface area contributed by atoms with E-state index >= 15 is 4.39 Å². The van der Waals surface area contributed by atoms with E-state index in [2.05, 4.69) is 25.4 Å². The number of benzene rings is 1. The molecule has 6 aliphatic rings. The zero-order valence-electron chi connectivity index (χ0n) is 26.3. The van der Waals surface area contributed by atoms with Crippen LogP contribution in [-0.2, 0) is 9.47 Å². The van der Waals surface area contributed by atoms with E-state index in [1.165, 1.54) is 0 Å². The number of aromatic amines is 1. The first-order chi connectivity index (χ1) is 23.3. The highest BCUT2D eigenvalue weighted by atomic mass is 35.5. The number of alkyl halides is 1. The lowest BCUT2D eigenvalue weighted by atomic mass is 9.94. The fourth-order valence-electron chi connectivity index (χ4n) is 8.58. The van der Waals surface area contributed by atoms with Gasteiger partial charge in [0.2, 0.25) is 0 Å². The molecule has 4 aromatic rings. The predicted octanol–water partition coefficient (Wildman–Crippen LogP) is 4.75. The van der Waals surface area contributed by atoms with Gasteiger partial charge in [-0.3, -0.25) is 15.0 Å². The molecule has 15 heteroatoms. The van der Waals surface area contributed by atoms with Crippen LogP contribution in [0.1, 0.15) is 43.6 Å². The van der Waals surface area contributed by atoms with Gasteiger partial charge in [-0.2, -0.15) is 15.1 Å². The number of carbonyl (C=O) groups excluding carboxylic acids is 1. The van der Waals surface area contributed by atoms with Gasteiger partial charge in [-0.15, -0.1) is 0 Å². The van der Waals surface area contributed by atoms with Gasteiger partial charge < -0.3 is 24.4 Å². The van der Waals surface area contributed by atoms with E-state index in [0.717, 1.165) is 31.4 Å². The van der Waals surface area contributed by atoms with Crippen molar-refractivity contribution in [1.29, 1.82) is 0 Å². The summed E-state index contributed by atoms with van der Waals surface area (Å²) >= 11 is 6.91. The summed E-state index contributed by atoms with van der Waals surface area (Å²) < 4.78 is 49.4. The fraction of sp³-hybridized carbons (Fsp3) is 0.545. The van der Waals surface area contributed by atoms with Crippen molar-refractivity contribution in [1.82, 2.24) is 35.4 Å². The van der Waals surface area contributed by atoms with E-state index < -0.39 is 29.7 Å². The number of hydrogen-bond donors (Lipinski definition) is 2. The highest BCUT2D eigenvalue weighted by Gasteiger charge is 2.49. The summed E-state index contributed by atoms with van der Waals surface area (Å²) in [6, 6.07) is 1.38. The molecule has 4 fully saturated rings. The molecule has 2 N–H and O–H groups in total. The van der Waals surface area contributed by atoms with Gasteiger partial charge in [0.15, 0.2) is 5.82 Å². The Morgan fingerprint density at radius 1 is 1.21 bits per heavy atom. The number of alkyl carbamates (subject to hydrolysis) is 1. The van der Waals surface area contributed by atoms with Crippen molar-refractivity contribution < 1.29 is 27.8 Å². The number of methoxy groups -OCH3 is 1. The molecule has 252 valence electrons. The van der Waals surface area contributed by atoms with Gasteiger partial charge in [0.05, 0.1) is 41.4 Å². The van der Waals surface area contributed by atoms with E-state index in [1.54, 1.807) is 19.5 Å². The van der Waals surface area contributed by atoms with Crippen molar-refractivity contribution in [3.63, 3.8) is 0 Å². The molecule has 0 spiro atoms. The molecule has 0 unspecified atom stereocenters. The SMILES string of the molecule is CO[C@@H]1CN2C[C@@H]1NC(=O)OCC[C@@H]1C[C@@H]1c1c(Cl)cc3[nH]ncc3c1-c1ncc3c2nc(OC[C@@]24CCCN2C[C@H](F)C4)nc3c1F. The van der Waals surface area contributed by atoms with Gasteiger partial charge in [0.25, 0.3) is 0 Å². The fourth-order valence-corrected chi connectivity index (χ4v) is 8.93. The van der Waals surface area contributed by atoms with Gasteiger partial charge in [-0.05, 0) is 55.7 Å². The van der Waals surface area contributed by atoms with E-state index in [9.17, 15) is 9.18 Å². The number of pyridine rings is 1. The molecule has 48 heavy (non-hydrogen) atoms. The number of halogens is 3. The highest BCUT2D eigenvalue weighted by molar-refractivity contribution is 6.33. The van der Waals surface area contributed by atoms with Crippen LogP contribution in [-0.4, -0.2) is 107 Å². The summed E-state index contributed by atoms with van der Waals surface area (Å²) in [6.07, 6.45) is 4.99. The number of amides is 1. The van der Waals surface area contributed by atoms with Gasteiger partial charge in [-0.25, -0.2) is 13.6 Å². The number of carbonyl (C=O) groups is 1. The maximum absolute atomic E-state index is 17.2. The molecular formula is C33H35ClF2N8O4. The van der Waals surface area contributed by atoms with Crippen molar-refractivity contribution in [3.8, 4) is 17.3 Å². The molecule has 3 aromatic heterocycles. The Hall–Kier alpha value is -3.88. The number of nitrogens with zero attached hydrogens (tertiary/aromatic N) is 6. The lowest BCUT2D eigenvalue weighted by molar-refractivity contribution is 0.0876. The molecular weight excluding hydrogens is 646 g/mol.